The molecule has 5 nitrogen and oxygen atoms in total. The lowest BCUT2D eigenvalue weighted by Crippen LogP contribution is -2.40. The second-order valence-electron chi connectivity index (χ2n) is 6.09. The monoisotopic (exact) mass is 258 g/mol. The molecule has 5 heteroatoms. The molecule has 0 aromatic heterocycles. The summed E-state index contributed by atoms with van der Waals surface area (Å²) in [6, 6.07) is 0. The highest BCUT2D eigenvalue weighted by molar-refractivity contribution is 5.77. The van der Waals surface area contributed by atoms with Gasteiger partial charge in [0.05, 0.1) is 0 Å². The number of aliphatic carboxylic acids is 1. The average Bonchev–Trinajstić information content (AvgIpc) is 2.11. The number of carbonyl (C=O) groups is 2. The van der Waals surface area contributed by atoms with E-state index in [0.717, 1.165) is 6.54 Å². The highest BCUT2D eigenvalue weighted by Gasteiger charge is 2.20. The zero-order chi connectivity index (χ0) is 14.3. The molecule has 1 atom stereocenters. The van der Waals surface area contributed by atoms with Crippen LogP contribution in [0.15, 0.2) is 0 Å². The Bertz CT molecular complexity index is 288. The van der Waals surface area contributed by atoms with Gasteiger partial charge in [0.2, 0.25) is 5.91 Å². The summed E-state index contributed by atoms with van der Waals surface area (Å²) in [5, 5.41) is 11.5. The van der Waals surface area contributed by atoms with Crippen molar-refractivity contribution in [2.45, 2.75) is 33.6 Å². The van der Waals surface area contributed by atoms with Crippen LogP contribution in [-0.2, 0) is 9.59 Å². The Labute approximate surface area is 110 Å². The summed E-state index contributed by atoms with van der Waals surface area (Å²) >= 11 is 0. The number of carbonyl (C=O) groups excluding carboxylic acids is 1. The van der Waals surface area contributed by atoms with Crippen molar-refractivity contribution in [3.63, 3.8) is 0 Å². The number of amides is 1. The minimum atomic E-state index is -0.858. The Morgan fingerprint density at radius 2 is 1.83 bits per heavy atom. The van der Waals surface area contributed by atoms with Crippen LogP contribution in [0.4, 0.5) is 0 Å². The molecule has 106 valence electrons. The molecule has 1 unspecified atom stereocenters. The van der Waals surface area contributed by atoms with Crippen molar-refractivity contribution >= 4 is 11.9 Å². The molecular weight excluding hydrogens is 232 g/mol. The molecule has 1 amide bonds. The zero-order valence-electron chi connectivity index (χ0n) is 12.1. The molecule has 18 heavy (non-hydrogen) atoms. The average molecular weight is 258 g/mol. The molecule has 0 aliphatic rings. The summed E-state index contributed by atoms with van der Waals surface area (Å²) in [7, 11) is 4.00. The van der Waals surface area contributed by atoms with Crippen LogP contribution in [0.5, 0.6) is 0 Å². The van der Waals surface area contributed by atoms with Gasteiger partial charge in [0.1, 0.15) is 0 Å². The maximum absolute atomic E-state index is 11.6. The van der Waals surface area contributed by atoms with E-state index in [-0.39, 0.29) is 30.1 Å². The van der Waals surface area contributed by atoms with E-state index in [2.05, 4.69) is 24.1 Å². The van der Waals surface area contributed by atoms with E-state index in [4.69, 9.17) is 5.11 Å². The highest BCUT2D eigenvalue weighted by Crippen LogP contribution is 2.14. The Balaban J connectivity index is 3.99. The number of hydrogen-bond donors (Lipinski definition) is 2. The largest absolute Gasteiger partial charge is 0.481 e. The second-order valence-corrected chi connectivity index (χ2v) is 6.09. The van der Waals surface area contributed by atoms with Gasteiger partial charge in [-0.2, -0.15) is 0 Å². The van der Waals surface area contributed by atoms with E-state index >= 15 is 0 Å². The highest BCUT2D eigenvalue weighted by atomic mass is 16.4. The quantitative estimate of drug-likeness (QED) is 0.686. The first-order chi connectivity index (χ1) is 8.12. The number of hydrogen-bond acceptors (Lipinski definition) is 3. The first-order valence-electron chi connectivity index (χ1n) is 6.25. The van der Waals surface area contributed by atoms with Crippen LogP contribution in [0.1, 0.15) is 33.6 Å². The van der Waals surface area contributed by atoms with E-state index in [1.54, 1.807) is 6.92 Å². The Morgan fingerprint density at radius 1 is 1.28 bits per heavy atom. The molecule has 0 saturated carbocycles. The second kappa shape index (κ2) is 7.36. The number of carboxylic acid groups (broad SMARTS) is 1. The van der Waals surface area contributed by atoms with Gasteiger partial charge in [-0.25, -0.2) is 0 Å². The van der Waals surface area contributed by atoms with E-state index in [0.29, 0.717) is 6.54 Å². The van der Waals surface area contributed by atoms with Gasteiger partial charge in [-0.15, -0.1) is 0 Å². The molecule has 0 aromatic rings. The van der Waals surface area contributed by atoms with Crippen molar-refractivity contribution in [1.29, 1.82) is 0 Å². The number of carboxylic acids is 1. The molecule has 0 saturated heterocycles. The fourth-order valence-corrected chi connectivity index (χ4v) is 2.01. The zero-order valence-corrected chi connectivity index (χ0v) is 12.1. The maximum Gasteiger partial charge on any atom is 0.303 e. The molecule has 0 radical (unpaired) electrons. The Kier molecular flexibility index (Phi) is 6.91. The summed E-state index contributed by atoms with van der Waals surface area (Å²) < 4.78 is 0. The van der Waals surface area contributed by atoms with Crippen LogP contribution in [0.3, 0.4) is 0 Å². The van der Waals surface area contributed by atoms with E-state index in [1.807, 2.05) is 14.1 Å². The van der Waals surface area contributed by atoms with Crippen LogP contribution in [0.2, 0.25) is 0 Å². The maximum atomic E-state index is 11.6. The third-order valence-electron chi connectivity index (χ3n) is 2.57. The van der Waals surface area contributed by atoms with Crippen molar-refractivity contribution in [3.8, 4) is 0 Å². The first kappa shape index (κ1) is 16.9. The van der Waals surface area contributed by atoms with Gasteiger partial charge in [0.25, 0.3) is 0 Å². The van der Waals surface area contributed by atoms with Crippen LogP contribution < -0.4 is 5.32 Å². The Morgan fingerprint density at radius 3 is 2.28 bits per heavy atom. The first-order valence-corrected chi connectivity index (χ1v) is 6.25. The third kappa shape index (κ3) is 8.98. The minimum Gasteiger partial charge on any atom is -0.481 e. The summed E-state index contributed by atoms with van der Waals surface area (Å²) in [6.07, 6.45) is 0.304. The fourth-order valence-electron chi connectivity index (χ4n) is 2.01. The SMILES string of the molecule is CC(CC(=O)O)CC(=O)NCC(C)(C)CN(C)C. The Hall–Kier alpha value is -1.10. The van der Waals surface area contributed by atoms with Gasteiger partial charge in [0, 0.05) is 25.9 Å². The van der Waals surface area contributed by atoms with Gasteiger partial charge >= 0.3 is 5.97 Å². The summed E-state index contributed by atoms with van der Waals surface area (Å²) in [6.45, 7) is 7.45. The van der Waals surface area contributed by atoms with Gasteiger partial charge in [-0.05, 0) is 25.4 Å². The summed E-state index contributed by atoms with van der Waals surface area (Å²) in [5.74, 6) is -1.06. The molecule has 2 N–H and O–H groups in total. The predicted octanol–water partition coefficient (Wildman–Crippen LogP) is 1.19. The number of nitrogens with zero attached hydrogens (tertiary/aromatic N) is 1. The van der Waals surface area contributed by atoms with Crippen LogP contribution >= 0.6 is 0 Å². The standard InChI is InChI=1S/C13H26N2O3/c1-10(7-12(17)18)6-11(16)14-8-13(2,3)9-15(4)5/h10H,6-9H2,1-5H3,(H,14,16)(H,17,18). The van der Waals surface area contributed by atoms with E-state index < -0.39 is 5.97 Å². The molecule has 0 heterocycles. The molecule has 0 aliphatic heterocycles. The fraction of sp³-hybridized carbons (Fsp3) is 0.846. The van der Waals surface area contributed by atoms with Gasteiger partial charge in [-0.3, -0.25) is 9.59 Å². The smallest absolute Gasteiger partial charge is 0.303 e. The lowest BCUT2D eigenvalue weighted by atomic mass is 9.92. The van der Waals surface area contributed by atoms with Gasteiger partial charge in [0.15, 0.2) is 0 Å². The lowest BCUT2D eigenvalue weighted by molar-refractivity contribution is -0.138. The lowest BCUT2D eigenvalue weighted by Gasteiger charge is -2.28. The molecule has 0 bridgehead atoms. The number of rotatable bonds is 8. The molecule has 0 spiro atoms. The van der Waals surface area contributed by atoms with Gasteiger partial charge < -0.3 is 15.3 Å². The van der Waals surface area contributed by atoms with E-state index in [9.17, 15) is 9.59 Å². The predicted molar refractivity (Wildman–Crippen MR) is 71.4 cm³/mol. The number of nitrogens with one attached hydrogen (secondary N) is 1. The van der Waals surface area contributed by atoms with Crippen molar-refractivity contribution in [1.82, 2.24) is 10.2 Å². The van der Waals surface area contributed by atoms with Crippen molar-refractivity contribution in [2.75, 3.05) is 27.2 Å². The molecule has 0 fully saturated rings. The van der Waals surface area contributed by atoms with Crippen molar-refractivity contribution < 1.29 is 14.7 Å². The normalized spacial score (nSPS) is 13.4. The minimum absolute atomic E-state index is 0.00912. The molecular formula is C13H26N2O3. The summed E-state index contributed by atoms with van der Waals surface area (Å²) in [5.41, 5.74) is 0.00912. The van der Waals surface area contributed by atoms with Crippen molar-refractivity contribution in [3.05, 3.63) is 0 Å². The van der Waals surface area contributed by atoms with Gasteiger partial charge in [-0.1, -0.05) is 20.8 Å². The van der Waals surface area contributed by atoms with Crippen LogP contribution in [-0.4, -0.2) is 49.1 Å². The van der Waals surface area contributed by atoms with Crippen LogP contribution in [0.25, 0.3) is 0 Å². The van der Waals surface area contributed by atoms with E-state index in [1.165, 1.54) is 0 Å². The third-order valence-corrected chi connectivity index (χ3v) is 2.57. The topological polar surface area (TPSA) is 69.6 Å². The molecule has 0 aliphatic carbocycles. The summed E-state index contributed by atoms with van der Waals surface area (Å²) in [4.78, 5) is 24.2. The van der Waals surface area contributed by atoms with Crippen molar-refractivity contribution in [2.24, 2.45) is 11.3 Å². The molecule has 0 aromatic carbocycles. The molecule has 0 rings (SSSR count). The van der Waals surface area contributed by atoms with Crippen LogP contribution in [0, 0.1) is 11.3 Å².